The number of hydrogen-bond donors (Lipinski definition) is 1. The number of benzene rings is 2. The van der Waals surface area contributed by atoms with E-state index in [4.69, 9.17) is 5.11 Å². The SMILES string of the molecule is CN(CCO)CCc1ccc(-c2ccccc2)cc1. The van der Waals surface area contributed by atoms with Crippen LogP contribution in [-0.2, 0) is 6.42 Å². The van der Waals surface area contributed by atoms with Crippen LogP contribution in [0.5, 0.6) is 0 Å². The van der Waals surface area contributed by atoms with E-state index in [1.165, 1.54) is 16.7 Å². The molecule has 100 valence electrons. The van der Waals surface area contributed by atoms with Crippen LogP contribution in [0, 0.1) is 0 Å². The Hall–Kier alpha value is -1.64. The molecule has 0 unspecified atom stereocenters. The average molecular weight is 255 g/mol. The molecule has 0 aliphatic heterocycles. The molecule has 0 fully saturated rings. The lowest BCUT2D eigenvalue weighted by Crippen LogP contribution is -2.24. The number of likely N-dealkylation sites (N-methyl/N-ethyl adjacent to an activating group) is 1. The van der Waals surface area contributed by atoms with Crippen molar-refractivity contribution in [2.45, 2.75) is 6.42 Å². The minimum absolute atomic E-state index is 0.226. The van der Waals surface area contributed by atoms with E-state index < -0.39 is 0 Å². The van der Waals surface area contributed by atoms with Crippen molar-refractivity contribution < 1.29 is 5.11 Å². The summed E-state index contributed by atoms with van der Waals surface area (Å²) in [6, 6.07) is 19.2. The Bertz CT molecular complexity index is 478. The lowest BCUT2D eigenvalue weighted by Gasteiger charge is -2.14. The third kappa shape index (κ3) is 4.19. The second-order valence-electron chi connectivity index (χ2n) is 4.84. The summed E-state index contributed by atoms with van der Waals surface area (Å²) in [6.07, 6.45) is 1.02. The van der Waals surface area contributed by atoms with Gasteiger partial charge in [0.15, 0.2) is 0 Å². The van der Waals surface area contributed by atoms with E-state index in [9.17, 15) is 0 Å². The number of rotatable bonds is 6. The first-order valence-corrected chi connectivity index (χ1v) is 6.73. The molecule has 19 heavy (non-hydrogen) atoms. The Morgan fingerprint density at radius 1 is 0.842 bits per heavy atom. The van der Waals surface area contributed by atoms with Crippen LogP contribution >= 0.6 is 0 Å². The molecule has 2 aromatic rings. The molecule has 2 nitrogen and oxygen atoms in total. The van der Waals surface area contributed by atoms with E-state index in [1.807, 2.05) is 13.1 Å². The molecule has 0 aromatic heterocycles. The van der Waals surface area contributed by atoms with Crippen LogP contribution < -0.4 is 0 Å². The van der Waals surface area contributed by atoms with Gasteiger partial charge in [0, 0.05) is 13.1 Å². The zero-order valence-electron chi connectivity index (χ0n) is 11.4. The molecular weight excluding hydrogens is 234 g/mol. The lowest BCUT2D eigenvalue weighted by molar-refractivity contribution is 0.223. The van der Waals surface area contributed by atoms with Gasteiger partial charge in [-0.05, 0) is 30.2 Å². The fourth-order valence-corrected chi connectivity index (χ4v) is 2.10. The minimum Gasteiger partial charge on any atom is -0.395 e. The normalized spacial score (nSPS) is 10.9. The second kappa shape index (κ2) is 7.07. The summed E-state index contributed by atoms with van der Waals surface area (Å²) in [6.45, 7) is 1.94. The van der Waals surface area contributed by atoms with Gasteiger partial charge in [-0.25, -0.2) is 0 Å². The van der Waals surface area contributed by atoms with Crippen molar-refractivity contribution in [1.82, 2.24) is 4.90 Å². The van der Waals surface area contributed by atoms with Crippen molar-refractivity contribution >= 4 is 0 Å². The van der Waals surface area contributed by atoms with E-state index in [0.29, 0.717) is 0 Å². The summed E-state index contributed by atoms with van der Waals surface area (Å²) in [5, 5.41) is 8.85. The molecule has 0 bridgehead atoms. The molecule has 0 saturated carbocycles. The quantitative estimate of drug-likeness (QED) is 0.858. The van der Waals surface area contributed by atoms with Gasteiger partial charge in [0.05, 0.1) is 6.61 Å². The van der Waals surface area contributed by atoms with Gasteiger partial charge in [0.25, 0.3) is 0 Å². The summed E-state index contributed by atoms with van der Waals surface area (Å²) in [7, 11) is 2.04. The fraction of sp³-hybridized carbons (Fsp3) is 0.294. The lowest BCUT2D eigenvalue weighted by atomic mass is 10.0. The molecule has 0 saturated heterocycles. The molecule has 0 aliphatic rings. The Morgan fingerprint density at radius 3 is 2.11 bits per heavy atom. The van der Waals surface area contributed by atoms with Crippen molar-refractivity contribution in [1.29, 1.82) is 0 Å². The summed E-state index contributed by atoms with van der Waals surface area (Å²) in [5.41, 5.74) is 3.85. The first kappa shape index (κ1) is 13.8. The molecule has 2 aromatic carbocycles. The number of hydrogen-bond acceptors (Lipinski definition) is 2. The standard InChI is InChI=1S/C17H21NO/c1-18(13-14-19)12-11-15-7-9-17(10-8-15)16-5-3-2-4-6-16/h2-10,19H,11-14H2,1H3. The van der Waals surface area contributed by atoms with Crippen LogP contribution in [0.25, 0.3) is 11.1 Å². The Morgan fingerprint density at radius 2 is 1.47 bits per heavy atom. The molecule has 0 amide bonds. The van der Waals surface area contributed by atoms with Crippen molar-refractivity contribution in [2.24, 2.45) is 0 Å². The van der Waals surface area contributed by atoms with Crippen molar-refractivity contribution in [2.75, 3.05) is 26.7 Å². The average Bonchev–Trinajstić information content (AvgIpc) is 2.47. The maximum Gasteiger partial charge on any atom is 0.0558 e. The van der Waals surface area contributed by atoms with E-state index in [1.54, 1.807) is 0 Å². The third-order valence-corrected chi connectivity index (χ3v) is 3.32. The number of nitrogens with zero attached hydrogens (tertiary/aromatic N) is 1. The predicted molar refractivity (Wildman–Crippen MR) is 80.2 cm³/mol. The largest absolute Gasteiger partial charge is 0.395 e. The van der Waals surface area contributed by atoms with E-state index in [0.717, 1.165) is 19.5 Å². The maximum absolute atomic E-state index is 8.85. The Labute approximate surface area is 115 Å². The van der Waals surface area contributed by atoms with Gasteiger partial charge in [-0.1, -0.05) is 54.6 Å². The highest BCUT2D eigenvalue weighted by atomic mass is 16.3. The molecule has 0 atom stereocenters. The van der Waals surface area contributed by atoms with E-state index in [-0.39, 0.29) is 6.61 Å². The number of aliphatic hydroxyl groups is 1. The van der Waals surface area contributed by atoms with Gasteiger partial charge < -0.3 is 10.0 Å². The Balaban J connectivity index is 1.95. The van der Waals surface area contributed by atoms with Crippen molar-refractivity contribution in [3.05, 3.63) is 60.2 Å². The van der Waals surface area contributed by atoms with Gasteiger partial charge in [0.2, 0.25) is 0 Å². The van der Waals surface area contributed by atoms with Crippen LogP contribution in [-0.4, -0.2) is 36.8 Å². The zero-order chi connectivity index (χ0) is 13.5. The van der Waals surface area contributed by atoms with Crippen molar-refractivity contribution in [3.63, 3.8) is 0 Å². The van der Waals surface area contributed by atoms with Gasteiger partial charge in [-0.3, -0.25) is 0 Å². The van der Waals surface area contributed by atoms with Gasteiger partial charge in [-0.15, -0.1) is 0 Å². The first-order chi connectivity index (χ1) is 9.29. The molecule has 0 heterocycles. The number of aliphatic hydroxyl groups excluding tert-OH is 1. The van der Waals surface area contributed by atoms with Crippen LogP contribution in [0.3, 0.4) is 0 Å². The van der Waals surface area contributed by atoms with Gasteiger partial charge in [-0.2, -0.15) is 0 Å². The van der Waals surface area contributed by atoms with E-state index >= 15 is 0 Å². The topological polar surface area (TPSA) is 23.5 Å². The Kier molecular flexibility index (Phi) is 5.13. The smallest absolute Gasteiger partial charge is 0.0558 e. The van der Waals surface area contributed by atoms with Gasteiger partial charge >= 0.3 is 0 Å². The highest BCUT2D eigenvalue weighted by Crippen LogP contribution is 2.19. The fourth-order valence-electron chi connectivity index (χ4n) is 2.10. The highest BCUT2D eigenvalue weighted by molar-refractivity contribution is 5.63. The van der Waals surface area contributed by atoms with Crippen LogP contribution in [0.4, 0.5) is 0 Å². The first-order valence-electron chi connectivity index (χ1n) is 6.73. The summed E-state index contributed by atoms with van der Waals surface area (Å²) in [4.78, 5) is 2.14. The maximum atomic E-state index is 8.85. The second-order valence-corrected chi connectivity index (χ2v) is 4.84. The molecule has 1 N–H and O–H groups in total. The summed E-state index contributed by atoms with van der Waals surface area (Å²) >= 11 is 0. The third-order valence-electron chi connectivity index (χ3n) is 3.32. The zero-order valence-corrected chi connectivity index (χ0v) is 11.4. The molecule has 0 spiro atoms. The predicted octanol–water partition coefficient (Wildman–Crippen LogP) is 2.82. The minimum atomic E-state index is 0.226. The molecular formula is C17H21NO. The van der Waals surface area contributed by atoms with Gasteiger partial charge in [0.1, 0.15) is 0 Å². The molecule has 0 radical (unpaired) electrons. The highest BCUT2D eigenvalue weighted by Gasteiger charge is 2.00. The monoisotopic (exact) mass is 255 g/mol. The van der Waals surface area contributed by atoms with Crippen LogP contribution in [0.1, 0.15) is 5.56 Å². The van der Waals surface area contributed by atoms with Crippen LogP contribution in [0.15, 0.2) is 54.6 Å². The molecule has 2 heteroatoms. The van der Waals surface area contributed by atoms with E-state index in [2.05, 4.69) is 53.4 Å². The molecule has 0 aliphatic carbocycles. The summed E-state index contributed by atoms with van der Waals surface area (Å²) < 4.78 is 0. The molecule has 2 rings (SSSR count). The van der Waals surface area contributed by atoms with Crippen LogP contribution in [0.2, 0.25) is 0 Å². The van der Waals surface area contributed by atoms with Crippen molar-refractivity contribution in [3.8, 4) is 11.1 Å². The summed E-state index contributed by atoms with van der Waals surface area (Å²) in [5.74, 6) is 0.